The van der Waals surface area contributed by atoms with E-state index in [1.54, 1.807) is 19.4 Å². The normalized spacial score (nSPS) is 17.9. The minimum atomic E-state index is -3.62. The van der Waals surface area contributed by atoms with Gasteiger partial charge in [0.1, 0.15) is 5.76 Å². The van der Waals surface area contributed by atoms with E-state index >= 15 is 0 Å². The first-order valence-electron chi connectivity index (χ1n) is 8.92. The molecule has 1 atom stereocenters. The van der Waals surface area contributed by atoms with Gasteiger partial charge in [-0.3, -0.25) is 4.31 Å². The largest absolute Gasteiger partial charge is 0.469 e. The van der Waals surface area contributed by atoms with Crippen LogP contribution in [-0.4, -0.2) is 22.0 Å². The summed E-state index contributed by atoms with van der Waals surface area (Å²) in [6.45, 7) is 2.58. The van der Waals surface area contributed by atoms with E-state index < -0.39 is 10.0 Å². The first kappa shape index (κ1) is 17.8. The molecule has 0 aliphatic carbocycles. The van der Waals surface area contributed by atoms with Crippen LogP contribution in [0.25, 0.3) is 0 Å². The van der Waals surface area contributed by atoms with Crippen molar-refractivity contribution in [2.75, 3.05) is 17.9 Å². The van der Waals surface area contributed by atoms with E-state index in [0.29, 0.717) is 17.1 Å². The Balaban J connectivity index is 1.80. The van der Waals surface area contributed by atoms with Crippen molar-refractivity contribution in [2.45, 2.75) is 24.3 Å². The Labute approximate surface area is 159 Å². The second kappa shape index (κ2) is 6.87. The van der Waals surface area contributed by atoms with Crippen LogP contribution < -0.4 is 9.62 Å². The summed E-state index contributed by atoms with van der Waals surface area (Å²) in [7, 11) is -2.00. The van der Waals surface area contributed by atoms with Crippen molar-refractivity contribution >= 4 is 15.7 Å². The molecule has 2 heterocycles. The zero-order chi connectivity index (χ0) is 19.0. The Morgan fingerprint density at radius 1 is 1.07 bits per heavy atom. The van der Waals surface area contributed by atoms with Crippen molar-refractivity contribution in [3.8, 4) is 0 Å². The van der Waals surface area contributed by atoms with Gasteiger partial charge in [-0.1, -0.05) is 30.3 Å². The van der Waals surface area contributed by atoms with Gasteiger partial charge in [0.15, 0.2) is 0 Å². The Bertz CT molecular complexity index is 1060. The summed E-state index contributed by atoms with van der Waals surface area (Å²) >= 11 is 0. The number of nitrogens with zero attached hydrogens (tertiary/aromatic N) is 1. The van der Waals surface area contributed by atoms with Gasteiger partial charge in [0.25, 0.3) is 10.0 Å². The van der Waals surface area contributed by atoms with E-state index in [0.717, 1.165) is 28.9 Å². The topological polar surface area (TPSA) is 62.6 Å². The molecule has 1 unspecified atom stereocenters. The lowest BCUT2D eigenvalue weighted by atomic mass is 9.96. The van der Waals surface area contributed by atoms with Crippen molar-refractivity contribution in [1.82, 2.24) is 5.32 Å². The second-order valence-electron chi connectivity index (χ2n) is 6.79. The number of fused-ring (bicyclic) bond motifs is 2. The summed E-state index contributed by atoms with van der Waals surface area (Å²) < 4.78 is 33.2. The smallest absolute Gasteiger partial charge is 0.264 e. The molecule has 0 bridgehead atoms. The average Bonchev–Trinajstić information content (AvgIpc) is 3.16. The molecule has 6 heteroatoms. The third kappa shape index (κ3) is 3.15. The summed E-state index contributed by atoms with van der Waals surface area (Å²) in [5.41, 5.74) is 3.34. The fourth-order valence-electron chi connectivity index (χ4n) is 3.58. The van der Waals surface area contributed by atoms with Gasteiger partial charge in [-0.25, -0.2) is 8.42 Å². The fraction of sp³-hybridized carbons (Fsp3) is 0.238. The lowest BCUT2D eigenvalue weighted by Crippen LogP contribution is -2.26. The molecule has 1 aliphatic heterocycles. The number of sulfonamides is 1. The molecule has 3 aromatic rings. The van der Waals surface area contributed by atoms with Crippen molar-refractivity contribution in [3.63, 3.8) is 0 Å². The van der Waals surface area contributed by atoms with E-state index in [4.69, 9.17) is 4.42 Å². The first-order valence-corrected chi connectivity index (χ1v) is 10.4. The van der Waals surface area contributed by atoms with E-state index in [1.165, 1.54) is 4.31 Å². The molecular formula is C21H22N2O3S. The van der Waals surface area contributed by atoms with E-state index in [-0.39, 0.29) is 6.04 Å². The number of para-hydroxylation sites is 1. The minimum Gasteiger partial charge on any atom is -0.469 e. The lowest BCUT2D eigenvalue weighted by Gasteiger charge is -2.22. The maximum atomic E-state index is 13.2. The zero-order valence-corrected chi connectivity index (χ0v) is 16.2. The quantitative estimate of drug-likeness (QED) is 0.748. The molecule has 140 valence electrons. The van der Waals surface area contributed by atoms with Crippen LogP contribution in [-0.2, 0) is 16.4 Å². The van der Waals surface area contributed by atoms with E-state index in [9.17, 15) is 8.42 Å². The number of aryl methyl sites for hydroxylation is 1. The number of benzene rings is 2. The summed E-state index contributed by atoms with van der Waals surface area (Å²) in [6, 6.07) is 16.9. The van der Waals surface area contributed by atoms with Crippen LogP contribution in [0.15, 0.2) is 70.2 Å². The number of hydrogen-bond acceptors (Lipinski definition) is 4. The van der Waals surface area contributed by atoms with Crippen LogP contribution in [0.1, 0.15) is 28.5 Å². The number of rotatable bonds is 4. The molecule has 1 aromatic heterocycles. The Morgan fingerprint density at radius 2 is 1.89 bits per heavy atom. The molecule has 0 radical (unpaired) electrons. The first-order chi connectivity index (χ1) is 13.0. The third-order valence-electron chi connectivity index (χ3n) is 5.01. The molecule has 27 heavy (non-hydrogen) atoms. The average molecular weight is 382 g/mol. The number of anilines is 1. The van der Waals surface area contributed by atoms with Crippen LogP contribution >= 0.6 is 0 Å². The summed E-state index contributed by atoms with van der Waals surface area (Å²) in [5, 5.41) is 3.54. The Kier molecular flexibility index (Phi) is 4.53. The molecule has 0 amide bonds. The summed E-state index contributed by atoms with van der Waals surface area (Å²) in [4.78, 5) is 0.358. The monoisotopic (exact) mass is 382 g/mol. The lowest BCUT2D eigenvalue weighted by molar-refractivity contribution is 0.490. The van der Waals surface area contributed by atoms with Gasteiger partial charge in [0, 0.05) is 20.0 Å². The van der Waals surface area contributed by atoms with Crippen molar-refractivity contribution < 1.29 is 12.8 Å². The van der Waals surface area contributed by atoms with Gasteiger partial charge >= 0.3 is 0 Å². The zero-order valence-electron chi connectivity index (χ0n) is 15.3. The van der Waals surface area contributed by atoms with Gasteiger partial charge in [-0.05, 0) is 47.9 Å². The van der Waals surface area contributed by atoms with Crippen molar-refractivity contribution in [1.29, 1.82) is 0 Å². The number of nitrogens with one attached hydrogen (secondary N) is 1. The van der Waals surface area contributed by atoms with Crippen LogP contribution in [0.4, 0.5) is 5.69 Å². The third-order valence-corrected chi connectivity index (χ3v) is 6.83. The van der Waals surface area contributed by atoms with Crippen LogP contribution in [0.5, 0.6) is 0 Å². The molecule has 0 fully saturated rings. The van der Waals surface area contributed by atoms with Gasteiger partial charge in [0.2, 0.25) is 0 Å². The SMILES string of the molecule is Cc1ccc2c(c1)S(=O)(=O)N(C)c1ccccc1C2NCCc1ccco1. The molecule has 4 rings (SSSR count). The van der Waals surface area contributed by atoms with Gasteiger partial charge in [-0.2, -0.15) is 0 Å². The standard InChI is InChI=1S/C21H22N2O3S/c1-15-9-10-18-20(14-15)27(24,25)23(2)19-8-4-3-7-17(19)21(18)22-12-11-16-6-5-13-26-16/h3-10,13-14,21-22H,11-12H2,1-2H3. The number of hydrogen-bond donors (Lipinski definition) is 1. The highest BCUT2D eigenvalue weighted by Crippen LogP contribution is 2.40. The molecule has 0 saturated heterocycles. The fourth-order valence-corrected chi connectivity index (χ4v) is 5.12. The second-order valence-corrected chi connectivity index (χ2v) is 8.73. The molecule has 1 N–H and O–H groups in total. The summed E-state index contributed by atoms with van der Waals surface area (Å²) in [5.74, 6) is 0.901. The van der Waals surface area contributed by atoms with Crippen LogP contribution in [0.2, 0.25) is 0 Å². The van der Waals surface area contributed by atoms with Crippen molar-refractivity contribution in [2.24, 2.45) is 0 Å². The molecule has 2 aromatic carbocycles. The predicted molar refractivity (Wildman–Crippen MR) is 105 cm³/mol. The van der Waals surface area contributed by atoms with E-state index in [2.05, 4.69) is 5.32 Å². The predicted octanol–water partition coefficient (Wildman–Crippen LogP) is 3.65. The highest BCUT2D eigenvalue weighted by atomic mass is 32.2. The summed E-state index contributed by atoms with van der Waals surface area (Å²) in [6.07, 6.45) is 2.39. The molecular weight excluding hydrogens is 360 g/mol. The molecule has 1 aliphatic rings. The Hall–Kier alpha value is -2.57. The maximum absolute atomic E-state index is 13.2. The van der Waals surface area contributed by atoms with Gasteiger partial charge in [0.05, 0.1) is 22.9 Å². The van der Waals surface area contributed by atoms with Crippen LogP contribution in [0.3, 0.4) is 0 Å². The minimum absolute atomic E-state index is 0.216. The van der Waals surface area contributed by atoms with Crippen LogP contribution in [0, 0.1) is 6.92 Å². The molecule has 0 spiro atoms. The highest BCUT2D eigenvalue weighted by molar-refractivity contribution is 7.92. The molecule has 5 nitrogen and oxygen atoms in total. The number of furan rings is 1. The highest BCUT2D eigenvalue weighted by Gasteiger charge is 2.34. The van der Waals surface area contributed by atoms with Gasteiger partial charge < -0.3 is 9.73 Å². The molecule has 0 saturated carbocycles. The van der Waals surface area contributed by atoms with E-state index in [1.807, 2.05) is 55.5 Å². The maximum Gasteiger partial charge on any atom is 0.264 e. The van der Waals surface area contributed by atoms with Crippen molar-refractivity contribution in [3.05, 3.63) is 83.3 Å². The Morgan fingerprint density at radius 3 is 2.67 bits per heavy atom. The van der Waals surface area contributed by atoms with Gasteiger partial charge in [-0.15, -0.1) is 0 Å².